The van der Waals surface area contributed by atoms with E-state index in [1.807, 2.05) is 41.1 Å². The molecular formula is C23H16ClN5OS. The molecule has 2 heterocycles. The van der Waals surface area contributed by atoms with E-state index in [9.17, 15) is 4.79 Å². The van der Waals surface area contributed by atoms with Crippen LogP contribution in [0, 0.1) is 6.57 Å². The zero-order valence-corrected chi connectivity index (χ0v) is 18.1. The van der Waals surface area contributed by atoms with Gasteiger partial charge in [0.1, 0.15) is 0 Å². The van der Waals surface area contributed by atoms with Crippen molar-refractivity contribution in [1.29, 1.82) is 0 Å². The number of amides is 1. The van der Waals surface area contributed by atoms with Crippen LogP contribution < -0.4 is 5.32 Å². The van der Waals surface area contributed by atoms with E-state index in [0.29, 0.717) is 21.5 Å². The Morgan fingerprint density at radius 1 is 1.23 bits per heavy atom. The molecule has 1 aliphatic rings. The maximum Gasteiger partial charge on any atom is 0.223 e. The predicted octanol–water partition coefficient (Wildman–Crippen LogP) is 5.92. The van der Waals surface area contributed by atoms with E-state index in [-0.39, 0.29) is 5.91 Å². The predicted molar refractivity (Wildman–Crippen MR) is 123 cm³/mol. The van der Waals surface area contributed by atoms with Gasteiger partial charge in [-0.2, -0.15) is 5.10 Å². The van der Waals surface area contributed by atoms with Crippen molar-refractivity contribution in [2.75, 3.05) is 5.32 Å². The van der Waals surface area contributed by atoms with Gasteiger partial charge in [-0.25, -0.2) is 14.5 Å². The number of rotatable bonds is 3. The maximum absolute atomic E-state index is 11.6. The minimum atomic E-state index is -0.150. The normalized spacial score (nSPS) is 12.0. The van der Waals surface area contributed by atoms with Crippen molar-refractivity contribution < 1.29 is 4.79 Å². The highest BCUT2D eigenvalue weighted by Gasteiger charge is 2.30. The van der Waals surface area contributed by atoms with Crippen LogP contribution in [-0.4, -0.2) is 20.7 Å². The highest BCUT2D eigenvalue weighted by Crippen LogP contribution is 2.45. The molecule has 0 saturated heterocycles. The molecule has 0 unspecified atom stereocenters. The number of nitrogens with zero attached hydrogens (tertiary/aromatic N) is 4. The summed E-state index contributed by atoms with van der Waals surface area (Å²) in [5.41, 5.74) is 6.12. The minimum Gasteiger partial charge on any atom is -0.302 e. The second kappa shape index (κ2) is 7.65. The lowest BCUT2D eigenvalue weighted by atomic mass is 9.95. The lowest BCUT2D eigenvalue weighted by Gasteiger charge is -2.15. The molecule has 2 aromatic carbocycles. The van der Waals surface area contributed by atoms with Crippen LogP contribution in [-0.2, 0) is 17.6 Å². The Bertz CT molecular complexity index is 1370. The van der Waals surface area contributed by atoms with Gasteiger partial charge in [-0.3, -0.25) is 4.79 Å². The van der Waals surface area contributed by atoms with Gasteiger partial charge in [0, 0.05) is 18.1 Å². The van der Waals surface area contributed by atoms with Crippen LogP contribution in [0.5, 0.6) is 0 Å². The number of aryl methyl sites for hydroxylation is 1. The van der Waals surface area contributed by atoms with E-state index in [0.717, 1.165) is 45.9 Å². The van der Waals surface area contributed by atoms with Gasteiger partial charge >= 0.3 is 0 Å². The summed E-state index contributed by atoms with van der Waals surface area (Å²) < 4.78 is 1.85. The van der Waals surface area contributed by atoms with Gasteiger partial charge in [0.05, 0.1) is 39.2 Å². The SMILES string of the molecule is [C-]#[N+]c1ccc(-n2nc(-c3ccccc3)c3c2-c2sc(NC(C)=O)nc2CC3)c(Cl)c1. The average Bonchev–Trinajstić information content (AvgIpc) is 3.34. The van der Waals surface area contributed by atoms with Gasteiger partial charge in [-0.05, 0) is 25.0 Å². The number of fused-ring (bicyclic) bond motifs is 3. The quantitative estimate of drug-likeness (QED) is 0.398. The molecule has 152 valence electrons. The van der Waals surface area contributed by atoms with Crippen molar-refractivity contribution in [3.8, 4) is 27.5 Å². The first-order chi connectivity index (χ1) is 15.0. The smallest absolute Gasteiger partial charge is 0.223 e. The molecular weight excluding hydrogens is 430 g/mol. The molecule has 0 spiro atoms. The van der Waals surface area contributed by atoms with Crippen molar-refractivity contribution in [1.82, 2.24) is 14.8 Å². The van der Waals surface area contributed by atoms with Crippen LogP contribution in [0.1, 0.15) is 18.2 Å². The molecule has 0 atom stereocenters. The molecule has 31 heavy (non-hydrogen) atoms. The number of thiazole rings is 1. The molecule has 0 saturated carbocycles. The number of aromatic nitrogens is 3. The van der Waals surface area contributed by atoms with Gasteiger partial charge in [-0.15, -0.1) is 0 Å². The third kappa shape index (κ3) is 3.40. The molecule has 1 N–H and O–H groups in total. The van der Waals surface area contributed by atoms with Crippen LogP contribution in [0.2, 0.25) is 5.02 Å². The first-order valence-corrected chi connectivity index (χ1v) is 10.9. The Labute approximate surface area is 188 Å². The summed E-state index contributed by atoms with van der Waals surface area (Å²) >= 11 is 8.01. The fourth-order valence-corrected chi connectivity index (χ4v) is 5.18. The van der Waals surface area contributed by atoms with Crippen molar-refractivity contribution in [3.63, 3.8) is 0 Å². The number of benzene rings is 2. The van der Waals surface area contributed by atoms with E-state index < -0.39 is 0 Å². The topological polar surface area (TPSA) is 64.2 Å². The maximum atomic E-state index is 11.6. The molecule has 4 aromatic rings. The zero-order chi connectivity index (χ0) is 21.5. The van der Waals surface area contributed by atoms with Gasteiger partial charge < -0.3 is 5.32 Å². The summed E-state index contributed by atoms with van der Waals surface area (Å²) in [5.74, 6) is -0.150. The first-order valence-electron chi connectivity index (χ1n) is 9.67. The van der Waals surface area contributed by atoms with Gasteiger partial charge in [-0.1, -0.05) is 59.3 Å². The van der Waals surface area contributed by atoms with Gasteiger partial charge in [0.15, 0.2) is 10.8 Å². The lowest BCUT2D eigenvalue weighted by molar-refractivity contribution is -0.114. The van der Waals surface area contributed by atoms with E-state index >= 15 is 0 Å². The van der Waals surface area contributed by atoms with Crippen LogP contribution in [0.4, 0.5) is 10.8 Å². The number of hydrogen-bond donors (Lipinski definition) is 1. The largest absolute Gasteiger partial charge is 0.302 e. The summed E-state index contributed by atoms with van der Waals surface area (Å²) in [4.78, 5) is 20.6. The third-order valence-electron chi connectivity index (χ3n) is 5.13. The Morgan fingerprint density at radius 2 is 2.03 bits per heavy atom. The number of carbonyl (C=O) groups is 1. The number of halogens is 1. The summed E-state index contributed by atoms with van der Waals surface area (Å²) in [7, 11) is 0. The van der Waals surface area contributed by atoms with Crippen molar-refractivity contribution in [2.24, 2.45) is 0 Å². The molecule has 2 aromatic heterocycles. The van der Waals surface area contributed by atoms with Crippen molar-refractivity contribution in [2.45, 2.75) is 19.8 Å². The Morgan fingerprint density at radius 3 is 2.74 bits per heavy atom. The lowest BCUT2D eigenvalue weighted by Crippen LogP contribution is -2.07. The van der Waals surface area contributed by atoms with Crippen LogP contribution in [0.25, 0.3) is 32.4 Å². The van der Waals surface area contributed by atoms with Crippen LogP contribution in [0.15, 0.2) is 48.5 Å². The van der Waals surface area contributed by atoms with Crippen LogP contribution in [0.3, 0.4) is 0 Å². The van der Waals surface area contributed by atoms with Gasteiger partial charge in [0.2, 0.25) is 5.91 Å². The third-order valence-corrected chi connectivity index (χ3v) is 6.45. The second-order valence-corrected chi connectivity index (χ2v) is 8.58. The van der Waals surface area contributed by atoms with E-state index in [1.54, 1.807) is 12.1 Å². The number of carbonyl (C=O) groups excluding carboxylic acids is 1. The fraction of sp³-hybridized carbons (Fsp3) is 0.130. The molecule has 1 amide bonds. The van der Waals surface area contributed by atoms with Crippen molar-refractivity contribution in [3.05, 3.63) is 76.2 Å². The monoisotopic (exact) mass is 445 g/mol. The molecule has 5 rings (SSSR count). The molecule has 0 aliphatic heterocycles. The highest BCUT2D eigenvalue weighted by molar-refractivity contribution is 7.19. The summed E-state index contributed by atoms with van der Waals surface area (Å²) in [5, 5.41) is 8.79. The minimum absolute atomic E-state index is 0.150. The number of anilines is 1. The van der Waals surface area contributed by atoms with E-state index in [1.165, 1.54) is 18.3 Å². The molecule has 1 aliphatic carbocycles. The van der Waals surface area contributed by atoms with E-state index in [4.69, 9.17) is 23.3 Å². The summed E-state index contributed by atoms with van der Waals surface area (Å²) in [6.07, 6.45) is 1.56. The molecule has 0 fully saturated rings. The van der Waals surface area contributed by atoms with Crippen molar-refractivity contribution >= 4 is 39.7 Å². The number of hydrogen-bond acceptors (Lipinski definition) is 4. The first kappa shape index (κ1) is 19.5. The molecule has 6 nitrogen and oxygen atoms in total. The highest BCUT2D eigenvalue weighted by atomic mass is 35.5. The van der Waals surface area contributed by atoms with E-state index in [2.05, 4.69) is 15.1 Å². The zero-order valence-electron chi connectivity index (χ0n) is 16.5. The Balaban J connectivity index is 1.76. The molecule has 0 radical (unpaired) electrons. The van der Waals surface area contributed by atoms with Crippen LogP contribution >= 0.6 is 22.9 Å². The Kier molecular flexibility index (Phi) is 4.81. The van der Waals surface area contributed by atoms with Gasteiger partial charge in [0.25, 0.3) is 0 Å². The summed E-state index contributed by atoms with van der Waals surface area (Å²) in [6, 6.07) is 15.3. The molecule has 8 heteroatoms. The molecule has 0 bridgehead atoms. The average molecular weight is 446 g/mol. The standard InChI is InChI=1S/C23H16ClN5OS/c1-13(30)26-23-27-18-10-9-16-20(14-6-4-3-5-7-14)28-29(21(16)22(18)31-23)19-11-8-15(25-2)12-17(19)24/h3-8,11-12H,9-10H2,1H3,(H,26,27,30). The number of nitrogens with one attached hydrogen (secondary N) is 1. The second-order valence-electron chi connectivity index (χ2n) is 7.18. The Hall–Kier alpha value is -3.47. The fourth-order valence-electron chi connectivity index (χ4n) is 3.81. The summed E-state index contributed by atoms with van der Waals surface area (Å²) in [6.45, 7) is 8.72.